The van der Waals surface area contributed by atoms with E-state index >= 15 is 0 Å². The van der Waals surface area contributed by atoms with Gasteiger partial charge in [-0.3, -0.25) is 4.79 Å². The summed E-state index contributed by atoms with van der Waals surface area (Å²) in [7, 11) is 0. The fourth-order valence-electron chi connectivity index (χ4n) is 2.51. The van der Waals surface area contributed by atoms with Gasteiger partial charge in [0.25, 0.3) is 5.91 Å². The standard InChI is InChI=1S/C20H17F3N4O/c1-13-10-17(18(28)24-12-14-6-3-2-4-7-14)27-19(25-13)26-16-9-5-8-15(11-16)20(21,22)23/h2-11H,12H2,1H3,(H,24,28)(H,25,26,27). The Kier molecular flexibility index (Phi) is 5.58. The topological polar surface area (TPSA) is 66.9 Å². The molecule has 0 bridgehead atoms. The van der Waals surface area contributed by atoms with Crippen molar-refractivity contribution in [1.82, 2.24) is 15.3 Å². The molecule has 0 aliphatic carbocycles. The van der Waals surface area contributed by atoms with Gasteiger partial charge in [-0.25, -0.2) is 9.97 Å². The van der Waals surface area contributed by atoms with Gasteiger partial charge in [0.2, 0.25) is 5.95 Å². The molecule has 0 saturated heterocycles. The van der Waals surface area contributed by atoms with Crippen LogP contribution in [0.25, 0.3) is 0 Å². The number of anilines is 2. The summed E-state index contributed by atoms with van der Waals surface area (Å²) in [4.78, 5) is 20.6. The van der Waals surface area contributed by atoms with Crippen molar-refractivity contribution in [1.29, 1.82) is 0 Å². The van der Waals surface area contributed by atoms with Crippen LogP contribution in [0.1, 0.15) is 27.3 Å². The molecule has 144 valence electrons. The number of halogens is 3. The lowest BCUT2D eigenvalue weighted by Gasteiger charge is -2.11. The van der Waals surface area contributed by atoms with Crippen molar-refractivity contribution in [2.45, 2.75) is 19.6 Å². The number of aromatic nitrogens is 2. The number of aryl methyl sites for hydroxylation is 1. The van der Waals surface area contributed by atoms with E-state index in [1.54, 1.807) is 6.92 Å². The van der Waals surface area contributed by atoms with E-state index in [0.717, 1.165) is 17.7 Å². The molecule has 0 radical (unpaired) electrons. The zero-order valence-corrected chi connectivity index (χ0v) is 14.9. The van der Waals surface area contributed by atoms with E-state index in [1.165, 1.54) is 18.2 Å². The molecular weight excluding hydrogens is 369 g/mol. The van der Waals surface area contributed by atoms with Gasteiger partial charge in [-0.05, 0) is 36.8 Å². The second-order valence-corrected chi connectivity index (χ2v) is 6.09. The number of nitrogens with one attached hydrogen (secondary N) is 2. The SMILES string of the molecule is Cc1cc(C(=O)NCc2ccccc2)nc(Nc2cccc(C(F)(F)F)c2)n1. The number of hydrogen-bond donors (Lipinski definition) is 2. The summed E-state index contributed by atoms with van der Waals surface area (Å²) in [6.45, 7) is 2.01. The quantitative estimate of drug-likeness (QED) is 0.679. The van der Waals surface area contributed by atoms with Gasteiger partial charge in [0, 0.05) is 17.9 Å². The Morgan fingerprint density at radius 3 is 2.46 bits per heavy atom. The Bertz CT molecular complexity index is 975. The van der Waals surface area contributed by atoms with Crippen LogP contribution in [-0.2, 0) is 12.7 Å². The lowest BCUT2D eigenvalue weighted by atomic mass is 10.2. The maximum atomic E-state index is 12.9. The van der Waals surface area contributed by atoms with Gasteiger partial charge in [0.15, 0.2) is 0 Å². The molecule has 0 saturated carbocycles. The van der Waals surface area contributed by atoms with Crippen molar-refractivity contribution in [3.8, 4) is 0 Å². The van der Waals surface area contributed by atoms with Crippen molar-refractivity contribution in [3.63, 3.8) is 0 Å². The number of amides is 1. The fraction of sp³-hybridized carbons (Fsp3) is 0.150. The number of hydrogen-bond acceptors (Lipinski definition) is 4. The van der Waals surface area contributed by atoms with E-state index in [2.05, 4.69) is 20.6 Å². The smallest absolute Gasteiger partial charge is 0.347 e. The molecule has 1 heterocycles. The van der Waals surface area contributed by atoms with E-state index in [9.17, 15) is 18.0 Å². The molecular formula is C20H17F3N4O. The van der Waals surface area contributed by atoms with Crippen LogP contribution in [0, 0.1) is 6.92 Å². The number of carbonyl (C=O) groups is 1. The van der Waals surface area contributed by atoms with Crippen LogP contribution in [0.3, 0.4) is 0 Å². The Morgan fingerprint density at radius 2 is 1.75 bits per heavy atom. The highest BCUT2D eigenvalue weighted by Crippen LogP contribution is 2.31. The van der Waals surface area contributed by atoms with Crippen molar-refractivity contribution in [2.75, 3.05) is 5.32 Å². The monoisotopic (exact) mass is 386 g/mol. The van der Waals surface area contributed by atoms with Crippen molar-refractivity contribution in [2.24, 2.45) is 0 Å². The van der Waals surface area contributed by atoms with Gasteiger partial charge in [0.05, 0.1) is 5.56 Å². The zero-order valence-electron chi connectivity index (χ0n) is 14.9. The fourth-order valence-corrected chi connectivity index (χ4v) is 2.51. The maximum absolute atomic E-state index is 12.9. The third kappa shape index (κ3) is 5.06. The predicted octanol–water partition coefficient (Wildman–Crippen LogP) is 4.48. The highest BCUT2D eigenvalue weighted by atomic mass is 19.4. The molecule has 8 heteroatoms. The predicted molar refractivity (Wildman–Crippen MR) is 99.1 cm³/mol. The summed E-state index contributed by atoms with van der Waals surface area (Å²) in [6, 6.07) is 15.6. The molecule has 0 fully saturated rings. The van der Waals surface area contributed by atoms with Crippen LogP contribution >= 0.6 is 0 Å². The molecule has 3 rings (SSSR count). The summed E-state index contributed by atoms with van der Waals surface area (Å²) in [5.74, 6) is -0.356. The third-order valence-corrected chi connectivity index (χ3v) is 3.83. The van der Waals surface area contributed by atoms with E-state index in [1.807, 2.05) is 30.3 Å². The van der Waals surface area contributed by atoms with Gasteiger partial charge in [-0.15, -0.1) is 0 Å². The minimum absolute atomic E-state index is 0.0455. The van der Waals surface area contributed by atoms with E-state index in [-0.39, 0.29) is 17.3 Å². The second-order valence-electron chi connectivity index (χ2n) is 6.09. The summed E-state index contributed by atoms with van der Waals surface area (Å²) >= 11 is 0. The van der Waals surface area contributed by atoms with Gasteiger partial charge < -0.3 is 10.6 Å². The summed E-state index contributed by atoms with van der Waals surface area (Å²) in [5, 5.41) is 5.48. The van der Waals surface area contributed by atoms with Gasteiger partial charge in [0.1, 0.15) is 5.69 Å². The maximum Gasteiger partial charge on any atom is 0.416 e. The lowest BCUT2D eigenvalue weighted by molar-refractivity contribution is -0.137. The molecule has 1 aromatic heterocycles. The van der Waals surface area contributed by atoms with Crippen molar-refractivity contribution < 1.29 is 18.0 Å². The Hall–Kier alpha value is -3.42. The first-order valence-electron chi connectivity index (χ1n) is 8.43. The molecule has 0 aliphatic rings. The Balaban J connectivity index is 1.75. The number of carbonyl (C=O) groups excluding carboxylic acids is 1. The molecule has 0 aliphatic heterocycles. The Morgan fingerprint density at radius 1 is 1.00 bits per heavy atom. The van der Waals surface area contributed by atoms with Gasteiger partial charge in [-0.2, -0.15) is 13.2 Å². The van der Waals surface area contributed by atoms with Crippen LogP contribution in [0.15, 0.2) is 60.7 Å². The molecule has 2 aromatic carbocycles. The van der Waals surface area contributed by atoms with Crippen molar-refractivity contribution in [3.05, 3.63) is 83.2 Å². The average Bonchev–Trinajstić information content (AvgIpc) is 2.66. The summed E-state index contributed by atoms with van der Waals surface area (Å²) in [5.41, 5.74) is 0.957. The van der Waals surface area contributed by atoms with E-state index < -0.39 is 17.6 Å². The van der Waals surface area contributed by atoms with E-state index in [0.29, 0.717) is 12.2 Å². The summed E-state index contributed by atoms with van der Waals surface area (Å²) < 4.78 is 38.6. The zero-order chi connectivity index (χ0) is 20.1. The molecule has 1 amide bonds. The molecule has 0 atom stereocenters. The Labute approximate surface area is 159 Å². The van der Waals surface area contributed by atoms with Gasteiger partial charge >= 0.3 is 6.18 Å². The first kappa shape index (κ1) is 19.3. The number of alkyl halides is 3. The molecule has 2 N–H and O–H groups in total. The first-order valence-corrected chi connectivity index (χ1v) is 8.43. The largest absolute Gasteiger partial charge is 0.416 e. The number of benzene rings is 2. The molecule has 3 aromatic rings. The molecule has 0 spiro atoms. The normalized spacial score (nSPS) is 11.1. The lowest BCUT2D eigenvalue weighted by Crippen LogP contribution is -2.24. The van der Waals surface area contributed by atoms with Crippen LogP contribution in [-0.4, -0.2) is 15.9 Å². The number of nitrogens with zero attached hydrogens (tertiary/aromatic N) is 2. The van der Waals surface area contributed by atoms with Crippen LogP contribution < -0.4 is 10.6 Å². The highest BCUT2D eigenvalue weighted by molar-refractivity contribution is 5.92. The molecule has 5 nitrogen and oxygen atoms in total. The minimum Gasteiger partial charge on any atom is -0.347 e. The van der Waals surface area contributed by atoms with E-state index in [4.69, 9.17) is 0 Å². The highest BCUT2D eigenvalue weighted by Gasteiger charge is 2.30. The van der Waals surface area contributed by atoms with Crippen molar-refractivity contribution >= 4 is 17.5 Å². The average molecular weight is 386 g/mol. The molecule has 0 unspecified atom stereocenters. The minimum atomic E-state index is -4.45. The van der Waals surface area contributed by atoms with Gasteiger partial charge in [-0.1, -0.05) is 36.4 Å². The number of rotatable bonds is 5. The third-order valence-electron chi connectivity index (χ3n) is 3.83. The summed E-state index contributed by atoms with van der Waals surface area (Å²) in [6.07, 6.45) is -4.45. The van der Waals surface area contributed by atoms with Crippen LogP contribution in [0.2, 0.25) is 0 Å². The second kappa shape index (κ2) is 8.08. The molecule has 28 heavy (non-hydrogen) atoms. The van der Waals surface area contributed by atoms with Crippen LogP contribution in [0.4, 0.5) is 24.8 Å². The first-order chi connectivity index (χ1) is 13.3. The van der Waals surface area contributed by atoms with Crippen LogP contribution in [0.5, 0.6) is 0 Å².